The van der Waals surface area contributed by atoms with Gasteiger partial charge in [0.25, 0.3) is 0 Å². The normalized spacial score (nSPS) is 10.7. The van der Waals surface area contributed by atoms with Gasteiger partial charge in [-0.05, 0) is 18.2 Å². The first-order chi connectivity index (χ1) is 12.3. The topological polar surface area (TPSA) is 104 Å². The van der Waals surface area contributed by atoms with Crippen LogP contribution >= 0.6 is 0 Å². The molecule has 3 aromatic heterocycles. The Morgan fingerprint density at radius 3 is 2.76 bits per heavy atom. The average Bonchev–Trinajstić information content (AvgIpc) is 3.09. The van der Waals surface area contributed by atoms with Crippen LogP contribution in [0.5, 0.6) is 0 Å². The predicted octanol–water partition coefficient (Wildman–Crippen LogP) is 3.46. The maximum atomic E-state index is 7.19. The third-order valence-corrected chi connectivity index (χ3v) is 3.75. The van der Waals surface area contributed by atoms with Crippen molar-refractivity contribution < 1.29 is 0 Å². The number of nitrogens with zero attached hydrogens (tertiary/aromatic N) is 6. The largest absolute Gasteiger partial charge is 0.376 e. The molecule has 0 fully saturated rings. The van der Waals surface area contributed by atoms with Crippen LogP contribution in [0.15, 0.2) is 66.0 Å². The van der Waals surface area contributed by atoms with E-state index < -0.39 is 0 Å². The molecule has 0 saturated heterocycles. The molecule has 0 spiro atoms. The second-order valence-corrected chi connectivity index (χ2v) is 5.33. The number of aromatic nitrogens is 5. The number of rotatable bonds is 5. The molecule has 25 heavy (non-hydrogen) atoms. The van der Waals surface area contributed by atoms with E-state index in [1.54, 1.807) is 16.8 Å². The van der Waals surface area contributed by atoms with Crippen molar-refractivity contribution in [3.05, 3.63) is 66.7 Å². The van der Waals surface area contributed by atoms with Gasteiger partial charge in [-0.1, -0.05) is 30.3 Å². The van der Waals surface area contributed by atoms with Crippen molar-refractivity contribution in [1.29, 1.82) is 5.53 Å². The lowest BCUT2D eigenvalue weighted by molar-refractivity contribution is 0.832. The maximum absolute atomic E-state index is 7.19. The first kappa shape index (κ1) is 14.9. The molecule has 8 nitrogen and oxygen atoms in total. The third kappa shape index (κ3) is 2.92. The number of fused-ring (bicyclic) bond motifs is 1. The van der Waals surface area contributed by atoms with E-state index in [1.807, 2.05) is 42.5 Å². The molecule has 2 N–H and O–H groups in total. The highest BCUT2D eigenvalue weighted by Gasteiger charge is 2.09. The van der Waals surface area contributed by atoms with Crippen LogP contribution in [0.2, 0.25) is 0 Å². The first-order valence-corrected chi connectivity index (χ1v) is 7.67. The van der Waals surface area contributed by atoms with Crippen LogP contribution in [0.25, 0.3) is 16.9 Å². The Kier molecular flexibility index (Phi) is 3.83. The van der Waals surface area contributed by atoms with Gasteiger partial charge in [-0.15, -0.1) is 10.2 Å². The summed E-state index contributed by atoms with van der Waals surface area (Å²) in [5, 5.41) is 19.6. The van der Waals surface area contributed by atoms with Crippen LogP contribution in [-0.2, 0) is 6.54 Å². The van der Waals surface area contributed by atoms with Gasteiger partial charge in [0, 0.05) is 11.8 Å². The monoisotopic (exact) mass is 330 g/mol. The Hall–Kier alpha value is -3.68. The zero-order chi connectivity index (χ0) is 17.1. The van der Waals surface area contributed by atoms with Gasteiger partial charge in [0.15, 0.2) is 11.5 Å². The van der Waals surface area contributed by atoms with Gasteiger partial charge >= 0.3 is 0 Å². The number of pyridine rings is 1. The molecule has 0 saturated carbocycles. The summed E-state index contributed by atoms with van der Waals surface area (Å²) in [7, 11) is 0. The number of anilines is 1. The summed E-state index contributed by atoms with van der Waals surface area (Å²) in [6.45, 7) is 0.402. The lowest BCUT2D eigenvalue weighted by Gasteiger charge is -2.07. The van der Waals surface area contributed by atoms with Crippen molar-refractivity contribution >= 4 is 17.0 Å². The molecular formula is C17H14N8. The van der Waals surface area contributed by atoms with Crippen LogP contribution in [-0.4, -0.2) is 24.8 Å². The van der Waals surface area contributed by atoms with Crippen molar-refractivity contribution in [1.82, 2.24) is 24.8 Å². The predicted molar refractivity (Wildman–Crippen MR) is 92.6 cm³/mol. The van der Waals surface area contributed by atoms with Gasteiger partial charge in [0.1, 0.15) is 5.69 Å². The van der Waals surface area contributed by atoms with Gasteiger partial charge in [-0.25, -0.2) is 5.53 Å². The summed E-state index contributed by atoms with van der Waals surface area (Å²) in [5.74, 6) is 0.667. The number of benzene rings is 1. The van der Waals surface area contributed by atoms with Gasteiger partial charge in [0.2, 0.25) is 0 Å². The highest BCUT2D eigenvalue weighted by Crippen LogP contribution is 2.23. The van der Waals surface area contributed by atoms with E-state index >= 15 is 0 Å². The maximum Gasteiger partial charge on any atom is 0.178 e. The molecule has 0 amide bonds. The molecule has 8 heteroatoms. The second-order valence-electron chi connectivity index (χ2n) is 5.33. The van der Waals surface area contributed by atoms with Crippen LogP contribution in [0, 0.1) is 5.53 Å². The Balaban J connectivity index is 1.65. The number of nitrogens with one attached hydrogen (secondary N) is 2. The Morgan fingerprint density at radius 1 is 1.04 bits per heavy atom. The fourth-order valence-corrected chi connectivity index (χ4v) is 2.51. The molecule has 0 aliphatic heterocycles. The molecule has 3 heterocycles. The Morgan fingerprint density at radius 2 is 1.92 bits per heavy atom. The number of hydrogen-bond acceptors (Lipinski definition) is 7. The first-order valence-electron chi connectivity index (χ1n) is 7.67. The molecule has 4 rings (SSSR count). The average molecular weight is 330 g/mol. The molecule has 4 aromatic rings. The zero-order valence-electron chi connectivity index (χ0n) is 13.2. The molecule has 0 aliphatic rings. The summed E-state index contributed by atoms with van der Waals surface area (Å²) < 4.78 is 1.72. The molecule has 0 bridgehead atoms. The Bertz CT molecular complexity index is 1030. The van der Waals surface area contributed by atoms with Crippen molar-refractivity contribution in [3.8, 4) is 11.3 Å². The number of hydrogen-bond donors (Lipinski definition) is 2. The van der Waals surface area contributed by atoms with E-state index in [9.17, 15) is 0 Å². The highest BCUT2D eigenvalue weighted by molar-refractivity contribution is 5.63. The zero-order valence-corrected chi connectivity index (χ0v) is 13.2. The fraction of sp³-hybridized carbons (Fsp3) is 0.0588. The van der Waals surface area contributed by atoms with Crippen molar-refractivity contribution in [3.63, 3.8) is 0 Å². The van der Waals surface area contributed by atoms with Crippen LogP contribution in [0.1, 0.15) is 5.82 Å². The Labute approximate surface area is 143 Å². The van der Waals surface area contributed by atoms with Crippen LogP contribution < -0.4 is 5.32 Å². The van der Waals surface area contributed by atoms with Crippen molar-refractivity contribution in [2.75, 3.05) is 5.32 Å². The van der Waals surface area contributed by atoms with Crippen LogP contribution in [0.4, 0.5) is 11.4 Å². The van der Waals surface area contributed by atoms with Gasteiger partial charge in [-0.2, -0.15) is 14.7 Å². The third-order valence-electron chi connectivity index (χ3n) is 3.75. The lowest BCUT2D eigenvalue weighted by atomic mass is 10.1. The van der Waals surface area contributed by atoms with Gasteiger partial charge in [-0.3, -0.25) is 4.98 Å². The summed E-state index contributed by atoms with van der Waals surface area (Å²) in [4.78, 5) is 3.96. The molecule has 122 valence electrons. The van der Waals surface area contributed by atoms with Gasteiger partial charge < -0.3 is 5.32 Å². The minimum Gasteiger partial charge on any atom is -0.376 e. The summed E-state index contributed by atoms with van der Waals surface area (Å²) in [5.41, 5.74) is 10.9. The van der Waals surface area contributed by atoms with Crippen molar-refractivity contribution in [2.45, 2.75) is 6.54 Å². The SMILES string of the molecule is N=Nc1cnccc1NCc1nnc2ccc(-c3ccccc3)nn12. The summed E-state index contributed by atoms with van der Waals surface area (Å²) in [6.07, 6.45) is 3.17. The highest BCUT2D eigenvalue weighted by atomic mass is 15.4. The van der Waals surface area contributed by atoms with Crippen molar-refractivity contribution in [2.24, 2.45) is 5.11 Å². The fourth-order valence-electron chi connectivity index (χ4n) is 2.51. The van der Waals surface area contributed by atoms with Gasteiger partial charge in [0.05, 0.1) is 24.1 Å². The summed E-state index contributed by atoms with van der Waals surface area (Å²) >= 11 is 0. The summed E-state index contributed by atoms with van der Waals surface area (Å²) in [6, 6.07) is 15.5. The molecule has 0 atom stereocenters. The molecule has 0 radical (unpaired) electrons. The van der Waals surface area contributed by atoms with E-state index in [-0.39, 0.29) is 0 Å². The van der Waals surface area contributed by atoms with E-state index in [4.69, 9.17) is 5.53 Å². The molecule has 1 aromatic carbocycles. The minimum atomic E-state index is 0.402. The standard InChI is InChI=1S/C17H14N8/c18-21-15-10-19-9-8-14(15)20-11-17-23-22-16-7-6-13(24-25(16)17)12-4-2-1-3-5-12/h1-10,18H,11H2,(H,19,20). The van der Waals surface area contributed by atoms with E-state index in [0.717, 1.165) is 11.3 Å². The second kappa shape index (κ2) is 6.44. The van der Waals surface area contributed by atoms with E-state index in [2.05, 4.69) is 30.7 Å². The molecular weight excluding hydrogens is 316 g/mol. The molecule has 0 aliphatic carbocycles. The van der Waals surface area contributed by atoms with Crippen LogP contribution in [0.3, 0.4) is 0 Å². The quantitative estimate of drug-likeness (QED) is 0.545. The van der Waals surface area contributed by atoms with E-state index in [0.29, 0.717) is 29.4 Å². The smallest absolute Gasteiger partial charge is 0.178 e. The lowest BCUT2D eigenvalue weighted by Crippen LogP contribution is -2.06. The minimum absolute atomic E-state index is 0.402. The molecule has 0 unspecified atom stereocenters. The van der Waals surface area contributed by atoms with E-state index in [1.165, 1.54) is 6.20 Å².